The lowest BCUT2D eigenvalue weighted by atomic mass is 10.2. The molecule has 0 bridgehead atoms. The lowest BCUT2D eigenvalue weighted by Gasteiger charge is -2.27. The number of hydrogen-bond acceptors (Lipinski definition) is 7. The molecule has 1 saturated heterocycles. The number of thiazole rings is 1. The van der Waals surface area contributed by atoms with Gasteiger partial charge >= 0.3 is 0 Å². The van der Waals surface area contributed by atoms with Gasteiger partial charge in [0, 0.05) is 32.2 Å². The van der Waals surface area contributed by atoms with Crippen molar-refractivity contribution in [2.75, 3.05) is 44.3 Å². The maximum atomic E-state index is 13.1. The Morgan fingerprint density at radius 1 is 1.24 bits per heavy atom. The smallest absolute Gasteiger partial charge is 0.282 e. The van der Waals surface area contributed by atoms with Crippen LogP contribution in [0.25, 0.3) is 10.2 Å². The first-order valence-corrected chi connectivity index (χ1v) is 10.3. The van der Waals surface area contributed by atoms with E-state index in [4.69, 9.17) is 14.2 Å². The minimum atomic E-state index is -0.172. The molecular weight excluding hydrogens is 412 g/mol. The van der Waals surface area contributed by atoms with Gasteiger partial charge in [0.25, 0.3) is 5.91 Å². The molecule has 1 amide bonds. The van der Waals surface area contributed by atoms with E-state index < -0.39 is 0 Å². The highest BCUT2D eigenvalue weighted by atomic mass is 35.5. The number of aryl methyl sites for hydroxylation is 2. The number of carbonyl (C=O) groups is 1. The Balaban J connectivity index is 0.00000240. The van der Waals surface area contributed by atoms with Crippen LogP contribution in [0.4, 0.5) is 5.13 Å². The van der Waals surface area contributed by atoms with Gasteiger partial charge in [0.2, 0.25) is 0 Å². The molecule has 3 aromatic rings. The summed E-state index contributed by atoms with van der Waals surface area (Å²) in [6, 6.07) is 7.82. The van der Waals surface area contributed by atoms with E-state index in [9.17, 15) is 4.79 Å². The lowest BCUT2D eigenvalue weighted by molar-refractivity contribution is 0.0376. The molecule has 9 heteroatoms. The fraction of sp³-hybridized carbons (Fsp3) is 0.450. The SMILES string of the molecule is Cc1ccc2nc(N(CCCN3CCOCC3)C(=O)c3cc(C)on3)sc2c1.Cl. The van der Waals surface area contributed by atoms with Crippen LogP contribution in [0.3, 0.4) is 0 Å². The first-order valence-electron chi connectivity index (χ1n) is 9.52. The zero-order chi connectivity index (χ0) is 19.5. The summed E-state index contributed by atoms with van der Waals surface area (Å²) in [4.78, 5) is 21.9. The summed E-state index contributed by atoms with van der Waals surface area (Å²) in [5.74, 6) is 0.450. The second-order valence-electron chi connectivity index (χ2n) is 7.05. The number of nitrogens with zero attached hydrogens (tertiary/aromatic N) is 4. The van der Waals surface area contributed by atoms with Gasteiger partial charge in [0.05, 0.1) is 23.4 Å². The third-order valence-electron chi connectivity index (χ3n) is 4.82. The summed E-state index contributed by atoms with van der Waals surface area (Å²) in [5.41, 5.74) is 2.41. The summed E-state index contributed by atoms with van der Waals surface area (Å²) in [7, 11) is 0. The summed E-state index contributed by atoms with van der Waals surface area (Å²) in [6.07, 6.45) is 0.859. The van der Waals surface area contributed by atoms with Crippen molar-refractivity contribution in [2.24, 2.45) is 0 Å². The highest BCUT2D eigenvalue weighted by Crippen LogP contribution is 2.30. The summed E-state index contributed by atoms with van der Waals surface area (Å²) in [6.45, 7) is 8.79. The van der Waals surface area contributed by atoms with Crippen molar-refractivity contribution in [3.05, 3.63) is 41.3 Å². The summed E-state index contributed by atoms with van der Waals surface area (Å²) < 4.78 is 11.6. The standard InChI is InChI=1S/C20H24N4O3S.ClH/c1-14-4-5-16-18(12-14)28-20(21-16)24(19(25)17-13-15(2)27-22-17)7-3-6-23-8-10-26-11-9-23;/h4-5,12-13H,3,6-11H2,1-2H3;1H. The molecule has 0 unspecified atom stereocenters. The molecule has 7 nitrogen and oxygen atoms in total. The number of morpholine rings is 1. The lowest BCUT2D eigenvalue weighted by Crippen LogP contribution is -2.39. The van der Waals surface area contributed by atoms with Crippen molar-refractivity contribution in [3.8, 4) is 0 Å². The topological polar surface area (TPSA) is 71.7 Å². The molecule has 0 aliphatic carbocycles. The maximum Gasteiger partial charge on any atom is 0.282 e. The van der Waals surface area contributed by atoms with Crippen LogP contribution in [0.1, 0.15) is 28.2 Å². The first-order chi connectivity index (χ1) is 13.6. The van der Waals surface area contributed by atoms with E-state index in [-0.39, 0.29) is 18.3 Å². The summed E-state index contributed by atoms with van der Waals surface area (Å²) >= 11 is 1.54. The van der Waals surface area contributed by atoms with Crippen molar-refractivity contribution < 1.29 is 14.1 Å². The molecule has 1 aliphatic rings. The number of aromatic nitrogens is 2. The molecule has 1 aliphatic heterocycles. The van der Waals surface area contributed by atoms with Gasteiger partial charge in [-0.15, -0.1) is 12.4 Å². The number of benzene rings is 1. The molecular formula is C20H25ClN4O3S. The summed E-state index contributed by atoms with van der Waals surface area (Å²) in [5, 5.41) is 4.61. The number of rotatable bonds is 6. The average molecular weight is 437 g/mol. The molecule has 4 rings (SSSR count). The van der Waals surface area contributed by atoms with Gasteiger partial charge in [-0.3, -0.25) is 14.6 Å². The Bertz CT molecular complexity index is 968. The minimum Gasteiger partial charge on any atom is -0.379 e. The molecule has 1 fully saturated rings. The van der Waals surface area contributed by atoms with Crippen LogP contribution >= 0.6 is 23.7 Å². The third kappa shape index (κ3) is 5.14. The quantitative estimate of drug-likeness (QED) is 0.586. The van der Waals surface area contributed by atoms with Crippen LogP contribution in [0.15, 0.2) is 28.8 Å². The Hall–Kier alpha value is -2.00. The zero-order valence-corrected chi connectivity index (χ0v) is 18.2. The van der Waals surface area contributed by atoms with Crippen molar-refractivity contribution in [3.63, 3.8) is 0 Å². The van der Waals surface area contributed by atoms with Gasteiger partial charge < -0.3 is 9.26 Å². The van der Waals surface area contributed by atoms with Crippen LogP contribution < -0.4 is 4.90 Å². The van der Waals surface area contributed by atoms with Crippen molar-refractivity contribution in [1.82, 2.24) is 15.0 Å². The highest BCUT2D eigenvalue weighted by molar-refractivity contribution is 7.22. The van der Waals surface area contributed by atoms with Crippen LogP contribution in [0.2, 0.25) is 0 Å². The fourth-order valence-electron chi connectivity index (χ4n) is 3.30. The number of hydrogen-bond donors (Lipinski definition) is 0. The van der Waals surface area contributed by atoms with Gasteiger partial charge in [0.1, 0.15) is 5.76 Å². The van der Waals surface area contributed by atoms with Gasteiger partial charge in [0.15, 0.2) is 10.8 Å². The number of fused-ring (bicyclic) bond motifs is 1. The van der Waals surface area contributed by atoms with E-state index in [1.165, 1.54) is 16.9 Å². The Morgan fingerprint density at radius 2 is 2.03 bits per heavy atom. The van der Waals surface area contributed by atoms with E-state index in [1.54, 1.807) is 17.9 Å². The molecule has 1 aromatic carbocycles. The largest absolute Gasteiger partial charge is 0.379 e. The fourth-order valence-corrected chi connectivity index (χ4v) is 4.39. The van der Waals surface area contributed by atoms with E-state index >= 15 is 0 Å². The second kappa shape index (κ2) is 9.67. The zero-order valence-electron chi connectivity index (χ0n) is 16.6. The molecule has 0 saturated carbocycles. The average Bonchev–Trinajstić information content (AvgIpc) is 3.31. The molecule has 2 aromatic heterocycles. The Morgan fingerprint density at radius 3 is 2.76 bits per heavy atom. The van der Waals surface area contributed by atoms with Crippen LogP contribution in [0.5, 0.6) is 0 Å². The molecule has 0 radical (unpaired) electrons. The van der Waals surface area contributed by atoms with E-state index in [0.29, 0.717) is 23.1 Å². The number of anilines is 1. The van der Waals surface area contributed by atoms with Gasteiger partial charge in [-0.05, 0) is 38.0 Å². The second-order valence-corrected chi connectivity index (χ2v) is 8.06. The molecule has 0 atom stereocenters. The molecule has 0 spiro atoms. The Kier molecular flexibility index (Phi) is 7.23. The molecule has 156 valence electrons. The number of halogens is 1. The van der Waals surface area contributed by atoms with Gasteiger partial charge in [-0.25, -0.2) is 4.98 Å². The minimum absolute atomic E-state index is 0. The van der Waals surface area contributed by atoms with Gasteiger partial charge in [-0.2, -0.15) is 0 Å². The van der Waals surface area contributed by atoms with Crippen molar-refractivity contribution in [2.45, 2.75) is 20.3 Å². The van der Waals surface area contributed by atoms with E-state index in [2.05, 4.69) is 23.0 Å². The number of carbonyl (C=O) groups excluding carboxylic acids is 1. The third-order valence-corrected chi connectivity index (χ3v) is 5.86. The monoisotopic (exact) mass is 436 g/mol. The molecule has 3 heterocycles. The maximum absolute atomic E-state index is 13.1. The predicted octanol–water partition coefficient (Wildman–Crippen LogP) is 3.69. The first kappa shape index (κ1) is 21.7. The van der Waals surface area contributed by atoms with Crippen molar-refractivity contribution >= 4 is 45.0 Å². The molecule has 0 N–H and O–H groups in total. The molecule has 29 heavy (non-hydrogen) atoms. The van der Waals surface area contributed by atoms with Crippen molar-refractivity contribution in [1.29, 1.82) is 0 Å². The van der Waals surface area contributed by atoms with Crippen LogP contribution in [-0.4, -0.2) is 60.3 Å². The number of amides is 1. The van der Waals surface area contributed by atoms with Crippen LogP contribution in [-0.2, 0) is 4.74 Å². The normalized spacial score (nSPS) is 14.7. The van der Waals surface area contributed by atoms with Crippen LogP contribution in [0, 0.1) is 13.8 Å². The highest BCUT2D eigenvalue weighted by Gasteiger charge is 2.24. The Labute approximate surface area is 180 Å². The van der Waals surface area contributed by atoms with E-state index in [0.717, 1.165) is 49.5 Å². The predicted molar refractivity (Wildman–Crippen MR) is 116 cm³/mol. The number of ether oxygens (including phenoxy) is 1. The van der Waals surface area contributed by atoms with E-state index in [1.807, 2.05) is 12.1 Å². The van der Waals surface area contributed by atoms with Gasteiger partial charge in [-0.1, -0.05) is 22.6 Å².